The van der Waals surface area contributed by atoms with Crippen LogP contribution in [-0.4, -0.2) is 15.8 Å². The molecule has 0 saturated heterocycles. The van der Waals surface area contributed by atoms with Crippen LogP contribution in [-0.2, 0) is 11.2 Å². The number of Topliss-reactive ketones (excluding diaryl/α,β-unsaturated/α-hetero) is 1. The number of ketones is 1. The van der Waals surface area contributed by atoms with E-state index in [0.717, 1.165) is 0 Å². The maximum Gasteiger partial charge on any atom is 0.257 e. The van der Waals surface area contributed by atoms with Gasteiger partial charge in [0.2, 0.25) is 0 Å². The van der Waals surface area contributed by atoms with Gasteiger partial charge in [-0.05, 0) is 32.3 Å². The highest BCUT2D eigenvalue weighted by Crippen LogP contribution is 2.25. The van der Waals surface area contributed by atoms with E-state index in [1.807, 2.05) is 0 Å². The lowest BCUT2D eigenvalue weighted by Crippen LogP contribution is -2.13. The van der Waals surface area contributed by atoms with Crippen LogP contribution in [0.25, 0.3) is 10.8 Å². The van der Waals surface area contributed by atoms with Crippen molar-refractivity contribution in [3.05, 3.63) is 38.8 Å². The third kappa shape index (κ3) is 2.72. The van der Waals surface area contributed by atoms with E-state index < -0.39 is 11.4 Å². The Labute approximate surface area is 120 Å². The SMILES string of the molecule is CC(=O)CCCc1[nH]c(=O)c2cnc(Cl)c(F)c2c1C. The summed E-state index contributed by atoms with van der Waals surface area (Å²) in [5.41, 5.74) is 0.862. The van der Waals surface area contributed by atoms with E-state index in [1.165, 1.54) is 13.1 Å². The third-order valence-corrected chi connectivity index (χ3v) is 3.53. The summed E-state index contributed by atoms with van der Waals surface area (Å²) in [5.74, 6) is -0.593. The summed E-state index contributed by atoms with van der Waals surface area (Å²) in [7, 11) is 0. The monoisotopic (exact) mass is 296 g/mol. The lowest BCUT2D eigenvalue weighted by atomic mass is 10.0. The van der Waals surface area contributed by atoms with Crippen LogP contribution in [0.15, 0.2) is 11.0 Å². The molecule has 2 aromatic rings. The molecule has 0 aliphatic rings. The first-order valence-electron chi connectivity index (χ1n) is 6.26. The number of pyridine rings is 2. The van der Waals surface area contributed by atoms with Gasteiger partial charge in [-0.3, -0.25) is 4.79 Å². The number of nitrogens with zero attached hydrogens (tertiary/aromatic N) is 1. The quantitative estimate of drug-likeness (QED) is 0.882. The van der Waals surface area contributed by atoms with Crippen LogP contribution in [0, 0.1) is 12.7 Å². The molecule has 20 heavy (non-hydrogen) atoms. The first-order valence-corrected chi connectivity index (χ1v) is 6.64. The molecule has 0 aliphatic carbocycles. The fourth-order valence-corrected chi connectivity index (χ4v) is 2.36. The molecule has 0 radical (unpaired) electrons. The number of aromatic nitrogens is 2. The normalized spacial score (nSPS) is 11.0. The molecule has 0 fully saturated rings. The average molecular weight is 297 g/mol. The maximum absolute atomic E-state index is 14.1. The van der Waals surface area contributed by atoms with Crippen molar-refractivity contribution in [2.75, 3.05) is 0 Å². The minimum absolute atomic E-state index is 0.0872. The van der Waals surface area contributed by atoms with Crippen molar-refractivity contribution in [3.8, 4) is 0 Å². The molecule has 0 aromatic carbocycles. The Hall–Kier alpha value is -1.75. The number of carbonyl (C=O) groups excluding carboxylic acids is 1. The molecule has 2 aromatic heterocycles. The molecular weight excluding hydrogens is 283 g/mol. The van der Waals surface area contributed by atoms with Crippen molar-refractivity contribution < 1.29 is 9.18 Å². The summed E-state index contributed by atoms with van der Waals surface area (Å²) in [6.45, 7) is 3.24. The molecule has 0 atom stereocenters. The van der Waals surface area contributed by atoms with Gasteiger partial charge in [0.15, 0.2) is 11.0 Å². The highest BCUT2D eigenvalue weighted by molar-refractivity contribution is 6.30. The lowest BCUT2D eigenvalue weighted by Gasteiger charge is -2.10. The Kier molecular flexibility index (Phi) is 4.18. The number of H-pyrrole nitrogens is 1. The number of fused-ring (bicyclic) bond motifs is 1. The van der Waals surface area contributed by atoms with Gasteiger partial charge in [-0.1, -0.05) is 11.6 Å². The van der Waals surface area contributed by atoms with Gasteiger partial charge in [-0.25, -0.2) is 9.37 Å². The maximum atomic E-state index is 14.1. The van der Waals surface area contributed by atoms with Crippen LogP contribution in [0.2, 0.25) is 5.15 Å². The minimum atomic E-state index is -0.680. The van der Waals surface area contributed by atoms with Crippen molar-refractivity contribution in [2.24, 2.45) is 0 Å². The van der Waals surface area contributed by atoms with E-state index in [9.17, 15) is 14.0 Å². The van der Waals surface area contributed by atoms with E-state index >= 15 is 0 Å². The van der Waals surface area contributed by atoms with Crippen LogP contribution >= 0.6 is 11.6 Å². The fourth-order valence-electron chi connectivity index (χ4n) is 2.22. The summed E-state index contributed by atoms with van der Waals surface area (Å²) < 4.78 is 14.1. The van der Waals surface area contributed by atoms with E-state index in [4.69, 9.17) is 11.6 Å². The number of aromatic amines is 1. The molecule has 0 unspecified atom stereocenters. The Morgan fingerprint density at radius 1 is 1.50 bits per heavy atom. The Morgan fingerprint density at radius 2 is 2.20 bits per heavy atom. The van der Waals surface area contributed by atoms with Crippen molar-refractivity contribution in [1.29, 1.82) is 0 Å². The van der Waals surface area contributed by atoms with Crippen LogP contribution in [0.5, 0.6) is 0 Å². The molecule has 0 amide bonds. The zero-order chi connectivity index (χ0) is 14.9. The molecule has 0 aliphatic heterocycles. The molecule has 0 saturated carbocycles. The topological polar surface area (TPSA) is 62.8 Å². The van der Waals surface area contributed by atoms with Gasteiger partial charge in [-0.2, -0.15) is 0 Å². The van der Waals surface area contributed by atoms with E-state index in [2.05, 4.69) is 9.97 Å². The Morgan fingerprint density at radius 3 is 2.85 bits per heavy atom. The van der Waals surface area contributed by atoms with Gasteiger partial charge < -0.3 is 9.78 Å². The highest BCUT2D eigenvalue weighted by atomic mass is 35.5. The zero-order valence-electron chi connectivity index (χ0n) is 11.2. The summed E-state index contributed by atoms with van der Waals surface area (Å²) in [4.78, 5) is 29.3. The number of halogens is 2. The molecule has 4 nitrogen and oxygen atoms in total. The van der Waals surface area contributed by atoms with E-state index in [1.54, 1.807) is 6.92 Å². The zero-order valence-corrected chi connectivity index (χ0v) is 12.0. The molecule has 2 rings (SSSR count). The number of rotatable bonds is 4. The second-order valence-corrected chi connectivity index (χ2v) is 5.12. The fraction of sp³-hybridized carbons (Fsp3) is 0.357. The molecular formula is C14H14ClFN2O2. The highest BCUT2D eigenvalue weighted by Gasteiger charge is 2.15. The first-order chi connectivity index (χ1) is 9.41. The largest absolute Gasteiger partial charge is 0.325 e. The standard InChI is InChI=1S/C14H14ClFN2O2/c1-7(19)4-3-5-10-8(2)11-9(14(20)18-10)6-17-13(15)12(11)16/h6H,3-5H2,1-2H3,(H,18,20). The summed E-state index contributed by atoms with van der Waals surface area (Å²) >= 11 is 5.67. The predicted molar refractivity (Wildman–Crippen MR) is 75.7 cm³/mol. The summed E-state index contributed by atoms with van der Waals surface area (Å²) in [6.07, 6.45) is 2.82. The summed E-state index contributed by atoms with van der Waals surface area (Å²) in [6, 6.07) is 0. The van der Waals surface area contributed by atoms with Crippen LogP contribution < -0.4 is 5.56 Å². The molecule has 0 bridgehead atoms. The lowest BCUT2D eigenvalue weighted by molar-refractivity contribution is -0.117. The second kappa shape index (κ2) is 5.71. The van der Waals surface area contributed by atoms with Gasteiger partial charge >= 0.3 is 0 Å². The summed E-state index contributed by atoms with van der Waals surface area (Å²) in [5, 5.41) is 0.132. The molecule has 0 spiro atoms. The predicted octanol–water partition coefficient (Wildman–Crippen LogP) is 2.94. The Bertz CT molecular complexity index is 740. The molecule has 6 heteroatoms. The number of hydrogen-bond donors (Lipinski definition) is 1. The van der Waals surface area contributed by atoms with Crippen molar-refractivity contribution in [1.82, 2.24) is 9.97 Å². The van der Waals surface area contributed by atoms with Crippen LogP contribution in [0.1, 0.15) is 31.0 Å². The average Bonchev–Trinajstić information content (AvgIpc) is 2.38. The van der Waals surface area contributed by atoms with Gasteiger partial charge in [0.25, 0.3) is 5.56 Å². The molecule has 2 heterocycles. The number of carbonyl (C=O) groups is 1. The van der Waals surface area contributed by atoms with Gasteiger partial charge in [-0.15, -0.1) is 0 Å². The van der Waals surface area contributed by atoms with Gasteiger partial charge in [0.05, 0.1) is 5.39 Å². The third-order valence-electron chi connectivity index (χ3n) is 3.27. The van der Waals surface area contributed by atoms with Crippen molar-refractivity contribution >= 4 is 28.2 Å². The van der Waals surface area contributed by atoms with Gasteiger partial charge in [0, 0.05) is 23.7 Å². The number of hydrogen-bond acceptors (Lipinski definition) is 3. The number of aryl methyl sites for hydroxylation is 2. The van der Waals surface area contributed by atoms with Crippen LogP contribution in [0.3, 0.4) is 0 Å². The van der Waals surface area contributed by atoms with E-state index in [-0.39, 0.29) is 21.7 Å². The minimum Gasteiger partial charge on any atom is -0.325 e. The van der Waals surface area contributed by atoms with E-state index in [0.29, 0.717) is 30.5 Å². The first kappa shape index (κ1) is 14.7. The van der Waals surface area contributed by atoms with Crippen LogP contribution in [0.4, 0.5) is 4.39 Å². The number of nitrogens with one attached hydrogen (secondary N) is 1. The second-order valence-electron chi connectivity index (χ2n) is 4.76. The van der Waals surface area contributed by atoms with Crippen molar-refractivity contribution in [3.63, 3.8) is 0 Å². The van der Waals surface area contributed by atoms with Gasteiger partial charge in [0.1, 0.15) is 5.78 Å². The Balaban J connectivity index is 2.53. The van der Waals surface area contributed by atoms with Crippen molar-refractivity contribution in [2.45, 2.75) is 33.1 Å². The molecule has 106 valence electrons. The molecule has 1 N–H and O–H groups in total. The smallest absolute Gasteiger partial charge is 0.257 e.